The van der Waals surface area contributed by atoms with E-state index in [1.54, 1.807) is 0 Å². The molecule has 6 heteroatoms. The Labute approximate surface area is 180 Å². The number of hydrogen-bond donors (Lipinski definition) is 3. The van der Waals surface area contributed by atoms with E-state index in [0.29, 0.717) is 6.54 Å². The van der Waals surface area contributed by atoms with Crippen LogP contribution in [0.4, 0.5) is 4.79 Å². The van der Waals surface area contributed by atoms with Crippen molar-refractivity contribution in [3.05, 3.63) is 95.1 Å². The van der Waals surface area contributed by atoms with Gasteiger partial charge in [-0.05, 0) is 33.4 Å². The fraction of sp³-hybridized carbons (Fsp3) is 0.200. The molecule has 0 fully saturated rings. The molecule has 0 saturated heterocycles. The average molecular weight is 416 g/mol. The minimum Gasteiger partial charge on any atom is -0.480 e. The van der Waals surface area contributed by atoms with Crippen molar-refractivity contribution in [3.8, 4) is 11.1 Å². The third kappa shape index (κ3) is 4.44. The van der Waals surface area contributed by atoms with Crippen LogP contribution in [0.5, 0.6) is 0 Å². The van der Waals surface area contributed by atoms with E-state index in [1.165, 1.54) is 0 Å². The van der Waals surface area contributed by atoms with Crippen molar-refractivity contribution in [3.63, 3.8) is 0 Å². The number of fused-ring (bicyclic) bond motifs is 3. The SMILES string of the molecule is NCc1cccc(C[C@H](NC(=O)OCC2c3ccccc3-c3ccccc32)C(=O)O)c1. The summed E-state index contributed by atoms with van der Waals surface area (Å²) in [6.45, 7) is 0.500. The van der Waals surface area contributed by atoms with Gasteiger partial charge in [-0.1, -0.05) is 72.8 Å². The van der Waals surface area contributed by atoms with Crippen molar-refractivity contribution in [2.75, 3.05) is 6.61 Å². The molecule has 0 aliphatic heterocycles. The Morgan fingerprint density at radius 2 is 1.55 bits per heavy atom. The highest BCUT2D eigenvalue weighted by atomic mass is 16.5. The normalized spacial score (nSPS) is 13.2. The molecule has 0 saturated carbocycles. The molecule has 31 heavy (non-hydrogen) atoms. The first-order valence-electron chi connectivity index (χ1n) is 10.2. The topological polar surface area (TPSA) is 102 Å². The van der Waals surface area contributed by atoms with Gasteiger partial charge < -0.3 is 20.9 Å². The van der Waals surface area contributed by atoms with Crippen molar-refractivity contribution >= 4 is 12.1 Å². The Balaban J connectivity index is 1.43. The van der Waals surface area contributed by atoms with Crippen LogP contribution in [-0.4, -0.2) is 29.8 Å². The van der Waals surface area contributed by atoms with Gasteiger partial charge in [0.05, 0.1) is 0 Å². The molecule has 158 valence electrons. The number of nitrogens with two attached hydrogens (primary N) is 1. The van der Waals surface area contributed by atoms with Crippen LogP contribution in [0.15, 0.2) is 72.8 Å². The largest absolute Gasteiger partial charge is 0.480 e. The highest BCUT2D eigenvalue weighted by Gasteiger charge is 2.29. The quantitative estimate of drug-likeness (QED) is 0.545. The molecule has 0 unspecified atom stereocenters. The first kappa shape index (κ1) is 20.6. The van der Waals surface area contributed by atoms with Crippen molar-refractivity contribution in [2.24, 2.45) is 5.73 Å². The number of carbonyl (C=O) groups is 2. The summed E-state index contributed by atoms with van der Waals surface area (Å²) in [6, 6.07) is 22.4. The summed E-state index contributed by atoms with van der Waals surface area (Å²) in [5.41, 5.74) is 11.8. The van der Waals surface area contributed by atoms with Gasteiger partial charge in [0.25, 0.3) is 0 Å². The number of ether oxygens (including phenoxy) is 1. The van der Waals surface area contributed by atoms with Crippen LogP contribution in [0.25, 0.3) is 11.1 Å². The Kier molecular flexibility index (Phi) is 6.00. The van der Waals surface area contributed by atoms with E-state index in [2.05, 4.69) is 17.4 Å². The molecule has 1 aliphatic rings. The third-order valence-corrected chi connectivity index (χ3v) is 5.60. The zero-order chi connectivity index (χ0) is 21.8. The van der Waals surface area contributed by atoms with Gasteiger partial charge in [0.1, 0.15) is 12.6 Å². The van der Waals surface area contributed by atoms with Crippen LogP contribution in [0, 0.1) is 0 Å². The summed E-state index contributed by atoms with van der Waals surface area (Å²) in [5, 5.41) is 12.0. The van der Waals surface area contributed by atoms with Gasteiger partial charge >= 0.3 is 12.1 Å². The predicted octanol–water partition coefficient (Wildman–Crippen LogP) is 3.68. The first-order valence-corrected chi connectivity index (χ1v) is 10.2. The fourth-order valence-electron chi connectivity index (χ4n) is 4.10. The van der Waals surface area contributed by atoms with Gasteiger partial charge in [0, 0.05) is 18.9 Å². The lowest BCUT2D eigenvalue weighted by Gasteiger charge is -2.18. The van der Waals surface area contributed by atoms with Crippen LogP contribution in [0.3, 0.4) is 0 Å². The second-order valence-corrected chi connectivity index (χ2v) is 7.59. The average Bonchev–Trinajstić information content (AvgIpc) is 3.11. The Morgan fingerprint density at radius 3 is 2.16 bits per heavy atom. The van der Waals surface area contributed by atoms with Crippen molar-refractivity contribution in [1.82, 2.24) is 5.32 Å². The van der Waals surface area contributed by atoms with E-state index < -0.39 is 18.1 Å². The van der Waals surface area contributed by atoms with Gasteiger partial charge in [0.2, 0.25) is 0 Å². The summed E-state index contributed by atoms with van der Waals surface area (Å²) in [4.78, 5) is 24.1. The predicted molar refractivity (Wildman–Crippen MR) is 118 cm³/mol. The molecule has 1 atom stereocenters. The fourth-order valence-corrected chi connectivity index (χ4v) is 4.10. The molecule has 0 spiro atoms. The number of carboxylic acids is 1. The summed E-state index contributed by atoms with van der Waals surface area (Å²) in [7, 11) is 0. The minimum absolute atomic E-state index is 0.0809. The number of hydrogen-bond acceptors (Lipinski definition) is 4. The van der Waals surface area contributed by atoms with E-state index in [4.69, 9.17) is 10.5 Å². The number of rotatable bonds is 7. The van der Waals surface area contributed by atoms with Gasteiger partial charge in [-0.3, -0.25) is 0 Å². The number of nitrogens with one attached hydrogen (secondary N) is 1. The molecule has 0 aromatic heterocycles. The van der Waals surface area contributed by atoms with E-state index in [9.17, 15) is 14.7 Å². The Bertz CT molecular complexity index is 1070. The molecule has 0 radical (unpaired) electrons. The minimum atomic E-state index is -1.12. The van der Waals surface area contributed by atoms with Crippen LogP contribution in [0.2, 0.25) is 0 Å². The molecule has 6 nitrogen and oxygen atoms in total. The molecule has 3 aromatic rings. The molecular weight excluding hydrogens is 392 g/mol. The summed E-state index contributed by atoms with van der Waals surface area (Å²) < 4.78 is 5.47. The highest BCUT2D eigenvalue weighted by molar-refractivity contribution is 5.81. The zero-order valence-electron chi connectivity index (χ0n) is 17.0. The van der Waals surface area contributed by atoms with Crippen molar-refractivity contribution in [2.45, 2.75) is 24.9 Å². The van der Waals surface area contributed by atoms with Crippen LogP contribution >= 0.6 is 0 Å². The van der Waals surface area contributed by atoms with Crippen LogP contribution in [-0.2, 0) is 22.5 Å². The number of aliphatic carboxylic acids is 1. The number of amides is 1. The first-order chi connectivity index (χ1) is 15.1. The molecule has 4 N–H and O–H groups in total. The van der Waals surface area contributed by atoms with Gasteiger partial charge in [-0.2, -0.15) is 0 Å². The molecular formula is C25H24N2O4. The standard InChI is InChI=1S/C25H24N2O4/c26-14-17-7-5-6-16(12-17)13-23(24(28)29)27-25(30)31-15-22-20-10-3-1-8-18(20)19-9-2-4-11-21(19)22/h1-12,22-23H,13-15,26H2,(H,27,30)(H,28,29)/t23-/m0/s1. The van der Waals surface area contributed by atoms with E-state index in [1.807, 2.05) is 60.7 Å². The number of carbonyl (C=O) groups excluding carboxylic acids is 1. The zero-order valence-corrected chi connectivity index (χ0v) is 17.0. The second-order valence-electron chi connectivity index (χ2n) is 7.59. The highest BCUT2D eigenvalue weighted by Crippen LogP contribution is 2.44. The van der Waals surface area contributed by atoms with Gasteiger partial charge in [0.15, 0.2) is 0 Å². The van der Waals surface area contributed by atoms with Gasteiger partial charge in [-0.15, -0.1) is 0 Å². The van der Waals surface area contributed by atoms with E-state index in [-0.39, 0.29) is 18.9 Å². The molecule has 4 rings (SSSR count). The second kappa shape index (κ2) is 9.02. The van der Waals surface area contributed by atoms with E-state index in [0.717, 1.165) is 33.4 Å². The van der Waals surface area contributed by atoms with Crippen LogP contribution in [0.1, 0.15) is 28.2 Å². The van der Waals surface area contributed by atoms with Crippen LogP contribution < -0.4 is 11.1 Å². The lowest BCUT2D eigenvalue weighted by molar-refractivity contribution is -0.139. The number of carboxylic acid groups (broad SMARTS) is 1. The molecule has 0 bridgehead atoms. The molecule has 1 aliphatic carbocycles. The summed E-state index contributed by atoms with van der Waals surface area (Å²) in [5.74, 6) is -1.20. The van der Waals surface area contributed by atoms with Gasteiger partial charge in [-0.25, -0.2) is 9.59 Å². The smallest absolute Gasteiger partial charge is 0.407 e. The lowest BCUT2D eigenvalue weighted by Crippen LogP contribution is -2.42. The monoisotopic (exact) mass is 416 g/mol. The summed E-state index contributed by atoms with van der Waals surface area (Å²) in [6.07, 6.45) is -0.600. The van der Waals surface area contributed by atoms with E-state index >= 15 is 0 Å². The maximum absolute atomic E-state index is 12.4. The molecule has 0 heterocycles. The molecule has 3 aromatic carbocycles. The number of alkyl carbamates (subject to hydrolysis) is 1. The summed E-state index contributed by atoms with van der Waals surface area (Å²) >= 11 is 0. The third-order valence-electron chi connectivity index (χ3n) is 5.60. The lowest BCUT2D eigenvalue weighted by atomic mass is 9.98. The maximum atomic E-state index is 12.4. The van der Waals surface area contributed by atoms with Crippen molar-refractivity contribution in [1.29, 1.82) is 0 Å². The maximum Gasteiger partial charge on any atom is 0.407 e. The number of benzene rings is 3. The van der Waals surface area contributed by atoms with Crippen molar-refractivity contribution < 1.29 is 19.4 Å². The Hall–Kier alpha value is -3.64. The molecule has 1 amide bonds. The Morgan fingerprint density at radius 1 is 0.935 bits per heavy atom.